The molecule has 0 saturated heterocycles. The van der Waals surface area contributed by atoms with E-state index in [1.165, 1.54) is 85.3 Å². The molecule has 0 atom stereocenters. The lowest BCUT2D eigenvalue weighted by Gasteiger charge is -2.42. The molecule has 2 aliphatic rings. The second kappa shape index (κ2) is 12.7. The van der Waals surface area contributed by atoms with Crippen molar-refractivity contribution >= 4 is 141 Å². The number of para-hydroxylation sites is 6. The Bertz CT molecular complexity index is 4000. The van der Waals surface area contributed by atoms with Gasteiger partial charge in [0.2, 0.25) is 0 Å². The highest BCUT2D eigenvalue weighted by Crippen LogP contribution is 2.60. The lowest BCUT2D eigenvalue weighted by atomic mass is 9.73. The number of hydrogen-bond donors (Lipinski definition) is 0. The van der Waals surface area contributed by atoms with Gasteiger partial charge in [0.05, 0.1) is 34.1 Å². The number of anilines is 6. The van der Waals surface area contributed by atoms with Crippen LogP contribution in [0.5, 0.6) is 0 Å². The van der Waals surface area contributed by atoms with Crippen LogP contribution < -0.4 is 9.80 Å². The Balaban J connectivity index is 0.949. The first-order chi connectivity index (χ1) is 32.3. The van der Waals surface area contributed by atoms with Crippen LogP contribution in [0.3, 0.4) is 0 Å². The number of hydrogen-bond acceptors (Lipinski definition) is 6. The van der Waals surface area contributed by atoms with Gasteiger partial charge < -0.3 is 18.6 Å². The van der Waals surface area contributed by atoms with E-state index in [-0.39, 0.29) is 10.8 Å². The summed E-state index contributed by atoms with van der Waals surface area (Å²) in [6.45, 7) is 9.61. The Morgan fingerprint density at radius 3 is 1.21 bits per heavy atom. The van der Waals surface area contributed by atoms with E-state index in [4.69, 9.17) is 8.83 Å². The largest absolute Gasteiger partial charge is 0.454 e. The molecule has 0 N–H and O–H groups in total. The maximum atomic E-state index is 6.70. The van der Waals surface area contributed by atoms with Gasteiger partial charge in [0, 0.05) is 83.8 Å². The molecule has 0 fully saturated rings. The molecular formula is C60H40N2O2S2. The van der Waals surface area contributed by atoms with E-state index in [9.17, 15) is 0 Å². The summed E-state index contributed by atoms with van der Waals surface area (Å²) in [5.74, 6) is 0. The molecule has 6 heterocycles. The summed E-state index contributed by atoms with van der Waals surface area (Å²) in [6, 6.07) is 62.2. The third kappa shape index (κ3) is 4.62. The molecular weight excluding hydrogens is 845 g/mol. The molecule has 13 aromatic rings. The highest BCUT2D eigenvalue weighted by atomic mass is 32.1. The van der Waals surface area contributed by atoms with Crippen LogP contribution in [0.4, 0.5) is 34.1 Å². The van der Waals surface area contributed by atoms with Crippen molar-refractivity contribution in [2.45, 2.75) is 38.5 Å². The fourth-order valence-corrected chi connectivity index (χ4v) is 14.8. The second-order valence-corrected chi connectivity index (χ2v) is 21.3. The van der Waals surface area contributed by atoms with Gasteiger partial charge in [-0.1, -0.05) is 137 Å². The summed E-state index contributed by atoms with van der Waals surface area (Å²) in [7, 11) is 0. The molecule has 0 radical (unpaired) electrons. The van der Waals surface area contributed by atoms with Crippen LogP contribution in [-0.4, -0.2) is 0 Å². The van der Waals surface area contributed by atoms with Gasteiger partial charge in [-0.2, -0.15) is 0 Å². The molecule has 6 heteroatoms. The van der Waals surface area contributed by atoms with Crippen molar-refractivity contribution in [3.05, 3.63) is 192 Å². The van der Waals surface area contributed by atoms with Gasteiger partial charge in [-0.15, -0.1) is 22.7 Å². The van der Waals surface area contributed by atoms with Crippen molar-refractivity contribution in [3.63, 3.8) is 0 Å². The molecule has 0 saturated carbocycles. The first-order valence-electron chi connectivity index (χ1n) is 22.7. The van der Waals surface area contributed by atoms with Crippen LogP contribution in [0.25, 0.3) is 84.2 Å². The van der Waals surface area contributed by atoms with Crippen LogP contribution in [0.2, 0.25) is 0 Å². The lowest BCUT2D eigenvalue weighted by molar-refractivity contribution is 0.637. The summed E-state index contributed by atoms with van der Waals surface area (Å²) in [5, 5.41) is 9.79. The van der Waals surface area contributed by atoms with Crippen molar-refractivity contribution in [2.24, 2.45) is 0 Å². The van der Waals surface area contributed by atoms with Crippen molar-refractivity contribution in [2.75, 3.05) is 9.80 Å². The number of nitrogens with zero attached hydrogens (tertiary/aromatic N) is 2. The van der Waals surface area contributed by atoms with Gasteiger partial charge in [-0.25, -0.2) is 0 Å². The number of benzene rings is 9. The van der Waals surface area contributed by atoms with Gasteiger partial charge in [0.25, 0.3) is 0 Å². The van der Waals surface area contributed by atoms with Crippen LogP contribution in [-0.2, 0) is 10.8 Å². The van der Waals surface area contributed by atoms with Crippen molar-refractivity contribution < 1.29 is 8.83 Å². The van der Waals surface area contributed by atoms with Crippen molar-refractivity contribution in [1.29, 1.82) is 0 Å². The zero-order valence-electron chi connectivity index (χ0n) is 36.7. The molecule has 0 amide bonds. The third-order valence-electron chi connectivity index (χ3n) is 15.0. The average molecular weight is 885 g/mol. The molecule has 4 aromatic heterocycles. The fraction of sp³-hybridized carbons (Fsp3) is 0.100. The minimum absolute atomic E-state index is 0.256. The smallest absolute Gasteiger partial charge is 0.159 e. The monoisotopic (exact) mass is 884 g/mol. The van der Waals surface area contributed by atoms with Gasteiger partial charge >= 0.3 is 0 Å². The second-order valence-electron chi connectivity index (χ2n) is 19.2. The summed E-state index contributed by atoms with van der Waals surface area (Å²) in [6.07, 6.45) is 0. The zero-order chi connectivity index (χ0) is 43.8. The molecule has 66 heavy (non-hydrogen) atoms. The Morgan fingerprint density at radius 2 is 0.742 bits per heavy atom. The molecule has 0 unspecified atom stereocenters. The minimum atomic E-state index is -0.256. The van der Waals surface area contributed by atoms with Crippen molar-refractivity contribution in [1.82, 2.24) is 0 Å². The van der Waals surface area contributed by atoms with Crippen LogP contribution in [0, 0.1) is 0 Å². The van der Waals surface area contributed by atoms with Crippen molar-refractivity contribution in [3.8, 4) is 0 Å². The Morgan fingerprint density at radius 1 is 0.348 bits per heavy atom. The average Bonchev–Trinajstić information content (AvgIpc) is 4.11. The number of rotatable bonds is 2. The number of fused-ring (bicyclic) bond motifs is 18. The molecule has 9 aromatic carbocycles. The van der Waals surface area contributed by atoms with Crippen LogP contribution in [0.15, 0.2) is 179 Å². The quantitative estimate of drug-likeness (QED) is 0.173. The van der Waals surface area contributed by atoms with Gasteiger partial charge in [-0.05, 0) is 71.8 Å². The van der Waals surface area contributed by atoms with E-state index in [0.717, 1.165) is 55.3 Å². The Labute approximate surface area is 388 Å². The van der Waals surface area contributed by atoms with Gasteiger partial charge in [-0.3, -0.25) is 0 Å². The van der Waals surface area contributed by atoms with Crippen LogP contribution in [0.1, 0.15) is 49.9 Å². The van der Waals surface area contributed by atoms with E-state index in [1.807, 2.05) is 22.7 Å². The summed E-state index contributed by atoms with van der Waals surface area (Å²) in [5.41, 5.74) is 15.4. The summed E-state index contributed by atoms with van der Waals surface area (Å²) >= 11 is 3.88. The summed E-state index contributed by atoms with van der Waals surface area (Å²) in [4.78, 5) is 4.91. The molecule has 15 rings (SSSR count). The van der Waals surface area contributed by atoms with Crippen LogP contribution >= 0.6 is 22.7 Å². The highest BCUT2D eigenvalue weighted by molar-refractivity contribution is 7.27. The van der Waals surface area contributed by atoms with E-state index in [0.29, 0.717) is 0 Å². The SMILES string of the molecule is CC1(C)c2ccccc2N(c2cccc3c2oc2ccccc23)c2ccc3c(sc4cc5c(cc43)sc3c4c(ccc35)N(c3cccc5c3oc3ccccc35)c3ccccc3C4(C)C)c21. The standard InChI is InChI=1S/C60H40N2O2S2/c1-59(2)41-19-7-9-21-43(41)61(47-23-13-17-35-33-15-5-11-25-49(33)63-55(35)47)45-29-27-37-39-31-52-40(32-51(39)65-57(37)53(45)59)38-28-30-46-54(58(38)66-52)60(3,4)42-20-8-10-22-44(42)62(46)48-24-14-18-36-34-16-6-12-26-50(34)64-56(36)48/h5-32H,1-4H3. The lowest BCUT2D eigenvalue weighted by Crippen LogP contribution is -2.30. The molecule has 0 spiro atoms. The summed E-state index contributed by atoms with van der Waals surface area (Å²) < 4.78 is 18.7. The maximum absolute atomic E-state index is 6.70. The highest BCUT2D eigenvalue weighted by Gasteiger charge is 2.41. The Hall–Kier alpha value is -7.38. The molecule has 4 nitrogen and oxygen atoms in total. The van der Waals surface area contributed by atoms with E-state index in [2.05, 4.69) is 207 Å². The zero-order valence-corrected chi connectivity index (χ0v) is 38.3. The number of thiophene rings is 2. The van der Waals surface area contributed by atoms with E-state index in [1.54, 1.807) is 0 Å². The van der Waals surface area contributed by atoms with E-state index >= 15 is 0 Å². The first-order valence-corrected chi connectivity index (χ1v) is 24.4. The normalized spacial score (nSPS) is 15.2. The first kappa shape index (κ1) is 36.9. The number of furan rings is 2. The van der Waals surface area contributed by atoms with E-state index < -0.39 is 0 Å². The van der Waals surface area contributed by atoms with Gasteiger partial charge in [0.15, 0.2) is 11.2 Å². The van der Waals surface area contributed by atoms with Gasteiger partial charge in [0.1, 0.15) is 11.2 Å². The minimum Gasteiger partial charge on any atom is -0.454 e. The molecule has 0 bridgehead atoms. The molecule has 0 aliphatic carbocycles. The molecule has 2 aliphatic heterocycles. The predicted molar refractivity (Wildman–Crippen MR) is 280 cm³/mol. The molecule has 314 valence electrons. The topological polar surface area (TPSA) is 32.8 Å². The maximum Gasteiger partial charge on any atom is 0.159 e. The predicted octanol–water partition coefficient (Wildman–Crippen LogP) is 18.4. The fourth-order valence-electron chi connectivity index (χ4n) is 12.0. The third-order valence-corrected chi connectivity index (χ3v) is 17.3. The Kier molecular flexibility index (Phi) is 7.10.